The number of hydrogen-bond donors (Lipinski definition) is 1. The fourth-order valence-corrected chi connectivity index (χ4v) is 4.25. The quantitative estimate of drug-likeness (QED) is 0.680. The number of hydrogen-bond acceptors (Lipinski definition) is 6. The molecule has 118 valence electrons. The number of anilines is 1. The first kappa shape index (κ1) is 16.4. The van der Waals surface area contributed by atoms with Gasteiger partial charge in [0, 0.05) is 17.0 Å². The predicted molar refractivity (Wildman–Crippen MR) is 85.0 cm³/mol. The second-order valence-electron chi connectivity index (χ2n) is 4.95. The maximum Gasteiger partial charge on any atom is 0.271 e. The number of nitro benzene ring substituents is 1. The van der Waals surface area contributed by atoms with Crippen LogP contribution in [0.15, 0.2) is 17.0 Å². The highest BCUT2D eigenvalue weighted by molar-refractivity contribution is 7.92. The molecule has 0 amide bonds. The summed E-state index contributed by atoms with van der Waals surface area (Å²) in [6, 6.07) is 2.44. The summed E-state index contributed by atoms with van der Waals surface area (Å²) in [6.07, 6.45) is 0. The van der Waals surface area contributed by atoms with Crippen LogP contribution in [0.3, 0.4) is 0 Å². The molecule has 0 atom stereocenters. The van der Waals surface area contributed by atoms with Gasteiger partial charge >= 0.3 is 0 Å². The van der Waals surface area contributed by atoms with Crippen LogP contribution < -0.4 is 4.72 Å². The molecule has 2 aromatic rings. The third kappa shape index (κ3) is 2.95. The SMILES string of the molecule is Cc1cc([N+](=O)[O-])cc(S(=O)(=O)Nc2c(C)nsc2C)c1C. The molecule has 0 bridgehead atoms. The van der Waals surface area contributed by atoms with E-state index >= 15 is 0 Å². The Bertz CT molecular complexity index is 837. The van der Waals surface area contributed by atoms with E-state index in [2.05, 4.69) is 9.10 Å². The van der Waals surface area contributed by atoms with Gasteiger partial charge in [0.1, 0.15) is 0 Å². The lowest BCUT2D eigenvalue weighted by atomic mass is 10.1. The molecule has 0 saturated heterocycles. The Morgan fingerprint density at radius 1 is 1.23 bits per heavy atom. The van der Waals surface area contributed by atoms with E-state index in [0.29, 0.717) is 22.5 Å². The Labute approximate surface area is 132 Å². The van der Waals surface area contributed by atoms with Crippen LogP contribution >= 0.6 is 11.5 Å². The molecular weight excluding hydrogens is 326 g/mol. The minimum absolute atomic E-state index is 0.0933. The highest BCUT2D eigenvalue weighted by Gasteiger charge is 2.24. The van der Waals surface area contributed by atoms with Gasteiger partial charge in [-0.2, -0.15) is 4.37 Å². The Morgan fingerprint density at radius 2 is 1.86 bits per heavy atom. The number of rotatable bonds is 4. The third-order valence-corrected chi connectivity index (χ3v) is 5.69. The topological polar surface area (TPSA) is 102 Å². The number of benzene rings is 1. The number of nitrogens with one attached hydrogen (secondary N) is 1. The number of aromatic nitrogens is 1. The molecule has 7 nitrogen and oxygen atoms in total. The molecule has 9 heteroatoms. The smallest absolute Gasteiger partial charge is 0.271 e. The monoisotopic (exact) mass is 341 g/mol. The van der Waals surface area contributed by atoms with Gasteiger partial charge in [-0.1, -0.05) is 0 Å². The van der Waals surface area contributed by atoms with Crippen molar-refractivity contribution >= 4 is 32.9 Å². The lowest BCUT2D eigenvalue weighted by Crippen LogP contribution is -2.16. The van der Waals surface area contributed by atoms with Gasteiger partial charge in [0.2, 0.25) is 0 Å². The number of non-ortho nitro benzene ring substituents is 1. The molecule has 1 aromatic heterocycles. The van der Waals surface area contributed by atoms with Gasteiger partial charge in [0.05, 0.1) is 21.2 Å². The van der Waals surface area contributed by atoms with Gasteiger partial charge in [-0.3, -0.25) is 14.8 Å². The van der Waals surface area contributed by atoms with Gasteiger partial charge in [-0.05, 0) is 50.4 Å². The van der Waals surface area contributed by atoms with Crippen LogP contribution in [0.2, 0.25) is 0 Å². The van der Waals surface area contributed by atoms with E-state index in [4.69, 9.17) is 0 Å². The highest BCUT2D eigenvalue weighted by Crippen LogP contribution is 2.30. The zero-order valence-corrected chi connectivity index (χ0v) is 14.1. The van der Waals surface area contributed by atoms with Crippen molar-refractivity contribution in [2.45, 2.75) is 32.6 Å². The zero-order valence-electron chi connectivity index (χ0n) is 12.5. The standard InChI is InChI=1S/C13H15N3O4S2/c1-7-5-11(16(17)18)6-12(8(7)2)22(19,20)15-13-9(3)14-21-10(13)4/h5-6,15H,1-4H3. The molecule has 0 fully saturated rings. The van der Waals surface area contributed by atoms with Crippen LogP contribution in [-0.4, -0.2) is 17.7 Å². The largest absolute Gasteiger partial charge is 0.277 e. The molecule has 0 spiro atoms. The summed E-state index contributed by atoms with van der Waals surface area (Å²) >= 11 is 1.20. The van der Waals surface area contributed by atoms with Crippen LogP contribution in [0, 0.1) is 37.8 Å². The third-order valence-electron chi connectivity index (χ3n) is 3.37. The number of nitro groups is 1. The van der Waals surface area contributed by atoms with Gasteiger partial charge < -0.3 is 0 Å². The molecule has 1 heterocycles. The van der Waals surface area contributed by atoms with Crippen LogP contribution in [-0.2, 0) is 10.0 Å². The summed E-state index contributed by atoms with van der Waals surface area (Å²) in [5.41, 5.74) is 1.78. The van der Waals surface area contributed by atoms with Crippen LogP contribution in [0.4, 0.5) is 11.4 Å². The fourth-order valence-electron chi connectivity index (χ4n) is 2.01. The summed E-state index contributed by atoms with van der Waals surface area (Å²) in [4.78, 5) is 11.0. The molecule has 2 rings (SSSR count). The molecule has 0 aliphatic carbocycles. The van der Waals surface area contributed by atoms with Crippen molar-refractivity contribution in [2.75, 3.05) is 4.72 Å². The normalized spacial score (nSPS) is 11.5. The first-order valence-corrected chi connectivity index (χ1v) is 8.60. The van der Waals surface area contributed by atoms with E-state index in [1.54, 1.807) is 27.7 Å². The van der Waals surface area contributed by atoms with Crippen molar-refractivity contribution in [3.05, 3.63) is 43.9 Å². The average Bonchev–Trinajstić information content (AvgIpc) is 2.72. The second-order valence-corrected chi connectivity index (χ2v) is 7.58. The molecule has 0 saturated carbocycles. The van der Waals surface area contributed by atoms with Crippen molar-refractivity contribution in [2.24, 2.45) is 0 Å². The first-order chi connectivity index (χ1) is 10.1. The molecule has 0 unspecified atom stereocenters. The van der Waals surface area contributed by atoms with Crippen LogP contribution in [0.25, 0.3) is 0 Å². The van der Waals surface area contributed by atoms with E-state index in [9.17, 15) is 18.5 Å². The summed E-state index contributed by atoms with van der Waals surface area (Å²) in [6.45, 7) is 6.73. The maximum atomic E-state index is 12.6. The number of aryl methyl sites for hydroxylation is 3. The van der Waals surface area contributed by atoms with Gasteiger partial charge in [0.25, 0.3) is 15.7 Å². The lowest BCUT2D eigenvalue weighted by Gasteiger charge is -2.12. The zero-order chi connectivity index (χ0) is 16.7. The van der Waals surface area contributed by atoms with Crippen molar-refractivity contribution in [1.29, 1.82) is 0 Å². The van der Waals surface area contributed by atoms with Crippen LogP contribution in [0.1, 0.15) is 21.7 Å². The van der Waals surface area contributed by atoms with Crippen molar-refractivity contribution in [3.8, 4) is 0 Å². The molecule has 1 N–H and O–H groups in total. The first-order valence-electron chi connectivity index (χ1n) is 6.35. The number of nitrogens with zero attached hydrogens (tertiary/aromatic N) is 2. The predicted octanol–water partition coefficient (Wildman–Crippen LogP) is 3.09. The lowest BCUT2D eigenvalue weighted by molar-refractivity contribution is -0.385. The van der Waals surface area contributed by atoms with E-state index in [-0.39, 0.29) is 10.6 Å². The fraction of sp³-hybridized carbons (Fsp3) is 0.308. The molecule has 1 aromatic carbocycles. The Hall–Kier alpha value is -2.00. The van der Waals surface area contributed by atoms with E-state index in [0.717, 1.165) is 10.9 Å². The van der Waals surface area contributed by atoms with Crippen molar-refractivity contribution < 1.29 is 13.3 Å². The Morgan fingerprint density at radius 3 is 2.36 bits per heavy atom. The van der Waals surface area contributed by atoms with E-state index < -0.39 is 14.9 Å². The van der Waals surface area contributed by atoms with Gasteiger partial charge in [-0.15, -0.1) is 0 Å². The van der Waals surface area contributed by atoms with Crippen molar-refractivity contribution in [3.63, 3.8) is 0 Å². The van der Waals surface area contributed by atoms with E-state index in [1.165, 1.54) is 17.6 Å². The number of sulfonamides is 1. The maximum absolute atomic E-state index is 12.6. The summed E-state index contributed by atoms with van der Waals surface area (Å²) in [5.74, 6) is 0. The van der Waals surface area contributed by atoms with Crippen LogP contribution in [0.5, 0.6) is 0 Å². The van der Waals surface area contributed by atoms with Gasteiger partial charge in [0.15, 0.2) is 0 Å². The summed E-state index contributed by atoms with van der Waals surface area (Å²) < 4.78 is 31.8. The molecular formula is C13H15N3O4S2. The Balaban J connectivity index is 2.57. The molecule has 0 aliphatic rings. The average molecular weight is 341 g/mol. The van der Waals surface area contributed by atoms with Crippen molar-refractivity contribution in [1.82, 2.24) is 4.37 Å². The second kappa shape index (κ2) is 5.65. The minimum Gasteiger partial charge on any atom is -0.277 e. The van der Waals surface area contributed by atoms with Gasteiger partial charge in [-0.25, -0.2) is 8.42 Å². The highest BCUT2D eigenvalue weighted by atomic mass is 32.2. The molecule has 0 radical (unpaired) electrons. The minimum atomic E-state index is -3.93. The molecule has 0 aliphatic heterocycles. The Kier molecular flexibility index (Phi) is 4.21. The summed E-state index contributed by atoms with van der Waals surface area (Å²) in [5, 5.41) is 11.0. The van der Waals surface area contributed by atoms with E-state index in [1.807, 2.05) is 0 Å². The molecule has 22 heavy (non-hydrogen) atoms. The summed E-state index contributed by atoms with van der Waals surface area (Å²) in [7, 11) is -3.93.